The monoisotopic (exact) mass is 380 g/mol. The van der Waals surface area contributed by atoms with Gasteiger partial charge in [-0.1, -0.05) is 11.6 Å². The van der Waals surface area contributed by atoms with E-state index in [2.05, 4.69) is 4.90 Å². The van der Waals surface area contributed by atoms with Crippen molar-refractivity contribution in [2.24, 2.45) is 0 Å². The first-order valence-electron chi connectivity index (χ1n) is 9.62. The number of nitrogens with zero attached hydrogens (tertiary/aromatic N) is 2. The molecule has 0 bridgehead atoms. The van der Waals surface area contributed by atoms with Crippen molar-refractivity contribution in [2.45, 2.75) is 38.6 Å². The molecular formula is C20H29ClN2O3. The molecule has 2 aliphatic heterocycles. The Labute approximate surface area is 161 Å². The van der Waals surface area contributed by atoms with Gasteiger partial charge < -0.3 is 14.4 Å². The average Bonchev–Trinajstić information content (AvgIpc) is 2.68. The van der Waals surface area contributed by atoms with Gasteiger partial charge in [-0.15, -0.1) is 0 Å². The summed E-state index contributed by atoms with van der Waals surface area (Å²) in [5, 5.41) is 0.711. The Hall–Kier alpha value is -1.30. The molecular weight excluding hydrogens is 352 g/mol. The van der Waals surface area contributed by atoms with E-state index < -0.39 is 0 Å². The molecule has 2 aliphatic rings. The summed E-state index contributed by atoms with van der Waals surface area (Å²) >= 11 is 6.04. The van der Waals surface area contributed by atoms with E-state index in [0.29, 0.717) is 16.8 Å². The molecule has 6 heteroatoms. The number of amides is 1. The fraction of sp³-hybridized carbons (Fsp3) is 0.650. The fourth-order valence-corrected chi connectivity index (χ4v) is 3.84. The van der Waals surface area contributed by atoms with Crippen LogP contribution in [0.25, 0.3) is 0 Å². The second-order valence-corrected chi connectivity index (χ2v) is 7.59. The van der Waals surface area contributed by atoms with Crippen LogP contribution in [0.2, 0.25) is 5.02 Å². The van der Waals surface area contributed by atoms with Gasteiger partial charge in [0.1, 0.15) is 5.75 Å². The topological polar surface area (TPSA) is 42.0 Å². The smallest absolute Gasteiger partial charge is 0.260 e. The molecule has 3 rings (SSSR count). The van der Waals surface area contributed by atoms with Crippen LogP contribution in [-0.4, -0.2) is 67.7 Å². The Balaban J connectivity index is 1.50. The SMILES string of the molecule is Cc1cc(OCC(=O)N2CCCC[C@@H]2CCN2CCOCC2)ccc1Cl. The van der Waals surface area contributed by atoms with Gasteiger partial charge in [0.25, 0.3) is 5.91 Å². The molecule has 0 unspecified atom stereocenters. The maximum Gasteiger partial charge on any atom is 0.260 e. The lowest BCUT2D eigenvalue weighted by molar-refractivity contribution is -0.137. The molecule has 1 atom stereocenters. The molecule has 0 spiro atoms. The highest BCUT2D eigenvalue weighted by Crippen LogP contribution is 2.23. The molecule has 0 radical (unpaired) electrons. The van der Waals surface area contributed by atoms with E-state index in [1.807, 2.05) is 30.0 Å². The van der Waals surface area contributed by atoms with Crippen molar-refractivity contribution in [3.8, 4) is 5.75 Å². The van der Waals surface area contributed by atoms with Crippen LogP contribution in [-0.2, 0) is 9.53 Å². The summed E-state index contributed by atoms with van der Waals surface area (Å²) < 4.78 is 11.1. The van der Waals surface area contributed by atoms with E-state index >= 15 is 0 Å². The van der Waals surface area contributed by atoms with Crippen LogP contribution in [0.1, 0.15) is 31.2 Å². The Morgan fingerprint density at radius 1 is 1.27 bits per heavy atom. The molecule has 1 aromatic rings. The third-order valence-corrected chi connectivity index (χ3v) is 5.75. The summed E-state index contributed by atoms with van der Waals surface area (Å²) in [5.41, 5.74) is 0.956. The number of halogens is 1. The van der Waals surface area contributed by atoms with Gasteiger partial charge in [-0.2, -0.15) is 0 Å². The van der Waals surface area contributed by atoms with Gasteiger partial charge in [0.05, 0.1) is 13.2 Å². The number of benzene rings is 1. The van der Waals surface area contributed by atoms with Crippen LogP contribution >= 0.6 is 11.6 Å². The fourth-order valence-electron chi connectivity index (χ4n) is 3.72. The van der Waals surface area contributed by atoms with E-state index in [9.17, 15) is 4.79 Å². The summed E-state index contributed by atoms with van der Waals surface area (Å²) in [6.45, 7) is 7.55. The molecule has 1 amide bonds. The molecule has 2 fully saturated rings. The maximum atomic E-state index is 12.7. The molecule has 0 aromatic heterocycles. The predicted molar refractivity (Wildman–Crippen MR) is 103 cm³/mol. The molecule has 2 heterocycles. The van der Waals surface area contributed by atoms with E-state index in [4.69, 9.17) is 21.1 Å². The lowest BCUT2D eigenvalue weighted by Crippen LogP contribution is -2.47. The predicted octanol–water partition coefficient (Wildman–Crippen LogP) is 3.13. The van der Waals surface area contributed by atoms with E-state index in [1.165, 1.54) is 6.42 Å². The van der Waals surface area contributed by atoms with Crippen LogP contribution < -0.4 is 4.74 Å². The Bertz CT molecular complexity index is 605. The minimum atomic E-state index is 0.0873. The molecule has 26 heavy (non-hydrogen) atoms. The maximum absolute atomic E-state index is 12.7. The summed E-state index contributed by atoms with van der Waals surface area (Å²) in [6.07, 6.45) is 4.41. The van der Waals surface area contributed by atoms with Crippen molar-refractivity contribution in [1.82, 2.24) is 9.80 Å². The zero-order chi connectivity index (χ0) is 18.4. The number of carbonyl (C=O) groups excluding carboxylic acids is 1. The lowest BCUT2D eigenvalue weighted by Gasteiger charge is -2.37. The Morgan fingerprint density at radius 2 is 2.08 bits per heavy atom. The summed E-state index contributed by atoms with van der Waals surface area (Å²) in [4.78, 5) is 17.2. The van der Waals surface area contributed by atoms with Crippen LogP contribution in [0.4, 0.5) is 0 Å². The standard InChI is InChI=1S/C20H29ClN2O3/c1-16-14-18(5-6-19(16)21)26-15-20(24)23-8-3-2-4-17(23)7-9-22-10-12-25-13-11-22/h5-6,14,17H,2-4,7-13,15H2,1H3/t17-/m1/s1. The number of morpholine rings is 1. The Kier molecular flexibility index (Phi) is 7.17. The van der Waals surface area contributed by atoms with Gasteiger partial charge in [0, 0.05) is 37.2 Å². The quantitative estimate of drug-likeness (QED) is 0.760. The van der Waals surface area contributed by atoms with Crippen molar-refractivity contribution in [1.29, 1.82) is 0 Å². The number of rotatable bonds is 6. The normalized spacial score (nSPS) is 21.6. The van der Waals surface area contributed by atoms with Crippen LogP contribution in [0.5, 0.6) is 5.75 Å². The van der Waals surface area contributed by atoms with Crippen molar-refractivity contribution >= 4 is 17.5 Å². The average molecular weight is 381 g/mol. The van der Waals surface area contributed by atoms with Crippen LogP contribution in [0.15, 0.2) is 18.2 Å². The third kappa shape index (κ3) is 5.35. The van der Waals surface area contributed by atoms with Gasteiger partial charge in [0.15, 0.2) is 6.61 Å². The number of likely N-dealkylation sites (tertiary alicyclic amines) is 1. The summed E-state index contributed by atoms with van der Waals surface area (Å²) in [7, 11) is 0. The highest BCUT2D eigenvalue weighted by atomic mass is 35.5. The van der Waals surface area contributed by atoms with E-state index in [0.717, 1.165) is 64.2 Å². The van der Waals surface area contributed by atoms with Crippen molar-refractivity contribution in [3.05, 3.63) is 28.8 Å². The van der Waals surface area contributed by atoms with Gasteiger partial charge >= 0.3 is 0 Å². The van der Waals surface area contributed by atoms with Crippen molar-refractivity contribution < 1.29 is 14.3 Å². The second kappa shape index (κ2) is 9.58. The second-order valence-electron chi connectivity index (χ2n) is 7.18. The summed E-state index contributed by atoms with van der Waals surface area (Å²) in [5.74, 6) is 0.784. The molecule has 5 nitrogen and oxygen atoms in total. The number of piperidine rings is 1. The highest BCUT2D eigenvalue weighted by Gasteiger charge is 2.27. The lowest BCUT2D eigenvalue weighted by atomic mass is 9.99. The molecule has 144 valence electrons. The molecule has 0 aliphatic carbocycles. The largest absolute Gasteiger partial charge is 0.484 e. The number of ether oxygens (including phenoxy) is 2. The van der Waals surface area contributed by atoms with E-state index in [1.54, 1.807) is 0 Å². The highest BCUT2D eigenvalue weighted by molar-refractivity contribution is 6.31. The first-order valence-corrected chi connectivity index (χ1v) is 10.00. The van der Waals surface area contributed by atoms with Crippen LogP contribution in [0, 0.1) is 6.92 Å². The number of aryl methyl sites for hydroxylation is 1. The van der Waals surface area contributed by atoms with Crippen molar-refractivity contribution in [3.63, 3.8) is 0 Å². The minimum Gasteiger partial charge on any atom is -0.484 e. The van der Waals surface area contributed by atoms with Gasteiger partial charge in [0.2, 0.25) is 0 Å². The van der Waals surface area contributed by atoms with Gasteiger partial charge in [-0.3, -0.25) is 9.69 Å². The van der Waals surface area contributed by atoms with Gasteiger partial charge in [-0.05, 0) is 56.4 Å². The number of hydrogen-bond acceptors (Lipinski definition) is 4. The molecule has 1 aromatic carbocycles. The zero-order valence-corrected chi connectivity index (χ0v) is 16.3. The number of hydrogen-bond donors (Lipinski definition) is 0. The summed E-state index contributed by atoms with van der Waals surface area (Å²) in [6, 6.07) is 5.83. The minimum absolute atomic E-state index is 0.0873. The van der Waals surface area contributed by atoms with Crippen molar-refractivity contribution in [2.75, 3.05) is 46.0 Å². The first kappa shape index (κ1) is 19.5. The zero-order valence-electron chi connectivity index (χ0n) is 15.6. The molecule has 2 saturated heterocycles. The third-order valence-electron chi connectivity index (χ3n) is 5.32. The molecule has 0 saturated carbocycles. The molecule has 0 N–H and O–H groups in total. The van der Waals surface area contributed by atoms with Gasteiger partial charge in [-0.25, -0.2) is 0 Å². The van der Waals surface area contributed by atoms with Crippen LogP contribution in [0.3, 0.4) is 0 Å². The Morgan fingerprint density at radius 3 is 2.85 bits per heavy atom. The first-order chi connectivity index (χ1) is 12.6. The van der Waals surface area contributed by atoms with E-state index in [-0.39, 0.29) is 12.5 Å². The number of carbonyl (C=O) groups is 1.